The van der Waals surface area contributed by atoms with Gasteiger partial charge in [0.15, 0.2) is 11.5 Å². The first-order valence-corrected chi connectivity index (χ1v) is 8.00. The first kappa shape index (κ1) is 18.3. The molecule has 0 fully saturated rings. The number of benzene rings is 2. The van der Waals surface area contributed by atoms with Gasteiger partial charge in [0, 0.05) is 17.7 Å². The fourth-order valence-corrected chi connectivity index (χ4v) is 2.18. The van der Waals surface area contributed by atoms with Crippen LogP contribution in [0.5, 0.6) is 11.5 Å². The molecular weight excluding hydrogens is 322 g/mol. The fraction of sp³-hybridized carbons (Fsp3) is 0.278. The normalized spacial score (nSPS) is 11.1. The Labute approximate surface area is 146 Å². The third-order valence-electron chi connectivity index (χ3n) is 3.37. The van der Waals surface area contributed by atoms with Crippen LogP contribution in [-0.2, 0) is 0 Å². The van der Waals surface area contributed by atoms with Gasteiger partial charge in [0.05, 0.1) is 29.5 Å². The van der Waals surface area contributed by atoms with Crippen LogP contribution in [-0.4, -0.2) is 23.8 Å². The second-order valence-corrected chi connectivity index (χ2v) is 5.14. The molecule has 0 unspecified atom stereocenters. The molecule has 0 bridgehead atoms. The van der Waals surface area contributed by atoms with Crippen molar-refractivity contribution in [1.29, 1.82) is 0 Å². The van der Waals surface area contributed by atoms with E-state index in [2.05, 4.69) is 10.5 Å². The van der Waals surface area contributed by atoms with E-state index in [0.717, 1.165) is 11.3 Å². The van der Waals surface area contributed by atoms with Gasteiger partial charge in [-0.3, -0.25) is 15.5 Å². The number of hydrogen-bond acceptors (Lipinski definition) is 6. The van der Waals surface area contributed by atoms with E-state index in [1.165, 1.54) is 12.1 Å². The van der Waals surface area contributed by atoms with E-state index in [-0.39, 0.29) is 5.69 Å². The summed E-state index contributed by atoms with van der Waals surface area (Å²) in [5.41, 5.74) is 4.98. The van der Waals surface area contributed by atoms with Gasteiger partial charge in [-0.1, -0.05) is 6.07 Å². The summed E-state index contributed by atoms with van der Waals surface area (Å²) in [5.74, 6) is 1.35. The zero-order chi connectivity index (χ0) is 18.2. The van der Waals surface area contributed by atoms with Crippen molar-refractivity contribution in [3.05, 3.63) is 58.1 Å². The maximum absolute atomic E-state index is 10.8. The lowest BCUT2D eigenvalue weighted by Crippen LogP contribution is -2.03. The van der Waals surface area contributed by atoms with Crippen LogP contribution in [0, 0.1) is 10.1 Å². The number of nitro benzene ring substituents is 1. The second-order valence-electron chi connectivity index (χ2n) is 5.14. The molecule has 0 radical (unpaired) electrons. The van der Waals surface area contributed by atoms with Gasteiger partial charge in [0.2, 0.25) is 0 Å². The van der Waals surface area contributed by atoms with Gasteiger partial charge in [-0.15, -0.1) is 0 Å². The van der Waals surface area contributed by atoms with Crippen molar-refractivity contribution in [2.24, 2.45) is 5.10 Å². The van der Waals surface area contributed by atoms with Crippen molar-refractivity contribution in [2.45, 2.75) is 20.8 Å². The SMILES string of the molecule is CCOc1ccc(/C(C)=N\Nc2cccc([N+](=O)[O-])c2)cc1OCC. The number of nitrogens with zero attached hydrogens (tertiary/aromatic N) is 2. The predicted molar refractivity (Wildman–Crippen MR) is 97.7 cm³/mol. The fourth-order valence-electron chi connectivity index (χ4n) is 2.18. The Morgan fingerprint density at radius 3 is 2.52 bits per heavy atom. The topological polar surface area (TPSA) is 86.0 Å². The van der Waals surface area contributed by atoms with Gasteiger partial charge >= 0.3 is 0 Å². The highest BCUT2D eigenvalue weighted by atomic mass is 16.6. The van der Waals surface area contributed by atoms with Crippen LogP contribution < -0.4 is 14.9 Å². The average Bonchev–Trinajstić information content (AvgIpc) is 2.61. The second kappa shape index (κ2) is 8.68. The van der Waals surface area contributed by atoms with Crippen molar-refractivity contribution in [1.82, 2.24) is 0 Å². The molecular formula is C18H21N3O4. The number of hydrogen-bond donors (Lipinski definition) is 1. The molecule has 0 aliphatic heterocycles. The molecule has 2 rings (SSSR count). The quantitative estimate of drug-likeness (QED) is 0.440. The molecule has 0 amide bonds. The number of anilines is 1. The third kappa shape index (κ3) is 4.94. The number of hydrazone groups is 1. The van der Waals surface area contributed by atoms with Crippen LogP contribution in [0.2, 0.25) is 0 Å². The van der Waals surface area contributed by atoms with E-state index in [1.807, 2.05) is 39.0 Å². The molecule has 0 atom stereocenters. The molecule has 132 valence electrons. The van der Waals surface area contributed by atoms with Crippen LogP contribution in [0.1, 0.15) is 26.3 Å². The number of nitrogens with one attached hydrogen (secondary N) is 1. The Kier molecular flexibility index (Phi) is 6.33. The largest absolute Gasteiger partial charge is 0.490 e. The molecule has 0 aromatic heterocycles. The Balaban J connectivity index is 2.20. The Morgan fingerprint density at radius 2 is 1.84 bits per heavy atom. The first-order chi connectivity index (χ1) is 12.0. The summed E-state index contributed by atoms with van der Waals surface area (Å²) in [5, 5.41) is 15.1. The van der Waals surface area contributed by atoms with Gasteiger partial charge in [-0.2, -0.15) is 5.10 Å². The van der Waals surface area contributed by atoms with Crippen molar-refractivity contribution in [3.63, 3.8) is 0 Å². The monoisotopic (exact) mass is 343 g/mol. The molecule has 7 nitrogen and oxygen atoms in total. The van der Waals surface area contributed by atoms with Crippen molar-refractivity contribution >= 4 is 17.1 Å². The van der Waals surface area contributed by atoms with E-state index >= 15 is 0 Å². The van der Waals surface area contributed by atoms with Gasteiger partial charge in [0.1, 0.15) is 0 Å². The maximum Gasteiger partial charge on any atom is 0.271 e. The molecule has 0 aliphatic rings. The maximum atomic E-state index is 10.8. The van der Waals surface area contributed by atoms with Crippen LogP contribution in [0.3, 0.4) is 0 Å². The smallest absolute Gasteiger partial charge is 0.271 e. The average molecular weight is 343 g/mol. The van der Waals surface area contributed by atoms with Gasteiger partial charge in [-0.05, 0) is 45.0 Å². The van der Waals surface area contributed by atoms with Crippen molar-refractivity contribution in [2.75, 3.05) is 18.6 Å². The van der Waals surface area contributed by atoms with E-state index in [0.29, 0.717) is 30.4 Å². The predicted octanol–water partition coefficient (Wildman–Crippen LogP) is 4.23. The summed E-state index contributed by atoms with van der Waals surface area (Å²) < 4.78 is 11.2. The summed E-state index contributed by atoms with van der Waals surface area (Å²) in [6, 6.07) is 11.8. The van der Waals surface area contributed by atoms with E-state index < -0.39 is 4.92 Å². The van der Waals surface area contributed by atoms with Crippen LogP contribution >= 0.6 is 0 Å². The highest BCUT2D eigenvalue weighted by molar-refractivity contribution is 5.99. The lowest BCUT2D eigenvalue weighted by molar-refractivity contribution is -0.384. The minimum Gasteiger partial charge on any atom is -0.490 e. The number of ether oxygens (including phenoxy) is 2. The van der Waals surface area contributed by atoms with E-state index in [9.17, 15) is 10.1 Å². The van der Waals surface area contributed by atoms with Crippen LogP contribution in [0.25, 0.3) is 0 Å². The lowest BCUT2D eigenvalue weighted by atomic mass is 10.1. The van der Waals surface area contributed by atoms with Gasteiger partial charge < -0.3 is 9.47 Å². The van der Waals surface area contributed by atoms with E-state index in [4.69, 9.17) is 9.47 Å². The zero-order valence-corrected chi connectivity index (χ0v) is 14.5. The molecule has 0 aliphatic carbocycles. The van der Waals surface area contributed by atoms with Gasteiger partial charge in [0.25, 0.3) is 5.69 Å². The first-order valence-electron chi connectivity index (χ1n) is 8.00. The third-order valence-corrected chi connectivity index (χ3v) is 3.37. The Morgan fingerprint density at radius 1 is 1.12 bits per heavy atom. The minimum atomic E-state index is -0.442. The molecule has 1 N–H and O–H groups in total. The number of rotatable bonds is 8. The molecule has 0 saturated heterocycles. The lowest BCUT2D eigenvalue weighted by Gasteiger charge is -2.12. The standard InChI is InChI=1S/C18H21N3O4/c1-4-24-17-10-9-14(11-18(17)25-5-2)13(3)19-20-15-7-6-8-16(12-15)21(22)23/h6-12,20H,4-5H2,1-3H3/b19-13-. The molecule has 7 heteroatoms. The van der Waals surface area contributed by atoms with Crippen LogP contribution in [0.15, 0.2) is 47.6 Å². The van der Waals surface area contributed by atoms with Gasteiger partial charge in [-0.25, -0.2) is 0 Å². The number of non-ortho nitro benzene ring substituents is 1. The summed E-state index contributed by atoms with van der Waals surface area (Å²) in [4.78, 5) is 10.4. The molecule has 25 heavy (non-hydrogen) atoms. The van der Waals surface area contributed by atoms with Crippen molar-refractivity contribution < 1.29 is 14.4 Å². The summed E-state index contributed by atoms with van der Waals surface area (Å²) in [7, 11) is 0. The highest BCUT2D eigenvalue weighted by Gasteiger charge is 2.09. The molecule has 2 aromatic carbocycles. The molecule has 0 spiro atoms. The van der Waals surface area contributed by atoms with Crippen LogP contribution in [0.4, 0.5) is 11.4 Å². The Hall–Kier alpha value is -3.09. The summed E-state index contributed by atoms with van der Waals surface area (Å²) in [6.07, 6.45) is 0. The van der Waals surface area contributed by atoms with Crippen molar-refractivity contribution in [3.8, 4) is 11.5 Å². The summed E-state index contributed by atoms with van der Waals surface area (Å²) in [6.45, 7) is 6.76. The zero-order valence-electron chi connectivity index (χ0n) is 14.5. The summed E-state index contributed by atoms with van der Waals surface area (Å²) >= 11 is 0. The molecule has 0 saturated carbocycles. The van der Waals surface area contributed by atoms with E-state index in [1.54, 1.807) is 12.1 Å². The Bertz CT molecular complexity index is 775. The minimum absolute atomic E-state index is 0.0116. The molecule has 0 heterocycles. The highest BCUT2D eigenvalue weighted by Crippen LogP contribution is 2.29. The molecule has 2 aromatic rings. The number of nitro groups is 1.